The van der Waals surface area contributed by atoms with E-state index in [2.05, 4.69) is 20.4 Å². The molecule has 0 saturated carbocycles. The molecule has 0 aliphatic heterocycles. The Kier molecular flexibility index (Phi) is 15.3. The number of aromatic nitrogens is 1. The Morgan fingerprint density at radius 3 is 2.38 bits per heavy atom. The minimum absolute atomic E-state index is 0.0891. The van der Waals surface area contributed by atoms with E-state index in [0.29, 0.717) is 17.1 Å². The Morgan fingerprint density at radius 1 is 1.25 bits per heavy atom. The second kappa shape index (κ2) is 16.4. The van der Waals surface area contributed by atoms with Crippen molar-refractivity contribution < 1.29 is 9.90 Å². The van der Waals surface area contributed by atoms with Gasteiger partial charge in [0, 0.05) is 22.2 Å². The van der Waals surface area contributed by atoms with Crippen LogP contribution in [0.3, 0.4) is 0 Å². The second-order valence-electron chi connectivity index (χ2n) is 6.67. The predicted molar refractivity (Wildman–Crippen MR) is 140 cm³/mol. The van der Waals surface area contributed by atoms with Crippen LogP contribution in [0.25, 0.3) is 0 Å². The van der Waals surface area contributed by atoms with Crippen LogP contribution in [0.4, 0.5) is 0 Å². The first-order valence-electron chi connectivity index (χ1n) is 10.8. The maximum Gasteiger partial charge on any atom is 0.250 e. The molecule has 0 aliphatic carbocycles. The monoisotopic (exact) mass is 476 g/mol. The number of allylic oxidation sites excluding steroid dienone is 5. The van der Waals surface area contributed by atoms with E-state index in [1.54, 1.807) is 18.2 Å². The molecule has 2 aromatic rings. The Morgan fingerprint density at radius 2 is 1.88 bits per heavy atom. The molecule has 1 aromatic carbocycles. The molecule has 1 heterocycles. The zero-order valence-electron chi connectivity index (χ0n) is 20.1. The number of primary amides is 1. The number of hydrogen-bond acceptors (Lipinski definition) is 3. The minimum atomic E-state index is -0.462. The van der Waals surface area contributed by atoms with Crippen molar-refractivity contribution in [1.29, 1.82) is 0 Å². The van der Waals surface area contributed by atoms with Crippen molar-refractivity contribution in [1.82, 2.24) is 4.57 Å². The molecule has 2 rings (SSSR count). The van der Waals surface area contributed by atoms with Gasteiger partial charge in [0.25, 0.3) is 5.91 Å². The summed E-state index contributed by atoms with van der Waals surface area (Å²) in [4.78, 5) is 12.7. The van der Waals surface area contributed by atoms with Gasteiger partial charge < -0.3 is 15.4 Å². The number of halogens is 1. The molecular weight excluding hydrogens is 440 g/mol. The van der Waals surface area contributed by atoms with Gasteiger partial charge in [0.15, 0.2) is 0 Å². The third-order valence-electron chi connectivity index (χ3n) is 3.98. The van der Waals surface area contributed by atoms with Gasteiger partial charge in [0.05, 0.1) is 17.2 Å². The average Bonchev–Trinajstić information content (AvgIpc) is 3.05. The topological polar surface area (TPSA) is 68.2 Å². The standard InChI is InChI=1S/C21H23ClN2O2S.C3H8.C2H6/c1-4-6-15(7-5-2)12-24-14(3)19(21(23)26)11-20(24)27-18-9-16(13-25)8-17(22)10-18;1-3-2;1-2/h4-11,25H,1,12-13H2,2-3H3,(H2,23,26);3H2,1-2H3;1-2H3/b7-5-,15-6+;;. The van der Waals surface area contributed by atoms with Crippen LogP contribution in [0, 0.1) is 6.92 Å². The number of aliphatic hydroxyl groups is 1. The molecule has 32 heavy (non-hydrogen) atoms. The van der Waals surface area contributed by atoms with E-state index in [1.807, 2.05) is 62.6 Å². The summed E-state index contributed by atoms with van der Waals surface area (Å²) in [5.74, 6) is -0.462. The molecule has 6 heteroatoms. The summed E-state index contributed by atoms with van der Waals surface area (Å²) in [7, 11) is 0. The van der Waals surface area contributed by atoms with Crippen LogP contribution in [0.15, 0.2) is 70.6 Å². The lowest BCUT2D eigenvalue weighted by atomic mass is 10.2. The van der Waals surface area contributed by atoms with Gasteiger partial charge in [-0.1, -0.05) is 88.4 Å². The van der Waals surface area contributed by atoms with E-state index in [0.717, 1.165) is 26.8 Å². The average molecular weight is 477 g/mol. The second-order valence-corrected chi connectivity index (χ2v) is 8.20. The van der Waals surface area contributed by atoms with Crippen molar-refractivity contribution in [3.63, 3.8) is 0 Å². The highest BCUT2D eigenvalue weighted by molar-refractivity contribution is 7.99. The van der Waals surface area contributed by atoms with E-state index in [-0.39, 0.29) is 6.61 Å². The van der Waals surface area contributed by atoms with Gasteiger partial charge in [-0.2, -0.15) is 0 Å². The number of nitrogens with two attached hydrogens (primary N) is 1. The van der Waals surface area contributed by atoms with E-state index in [4.69, 9.17) is 17.3 Å². The first-order valence-corrected chi connectivity index (χ1v) is 12.0. The van der Waals surface area contributed by atoms with Crippen molar-refractivity contribution in [2.45, 2.75) is 71.0 Å². The van der Waals surface area contributed by atoms with Crippen LogP contribution in [-0.4, -0.2) is 15.6 Å². The molecule has 0 fully saturated rings. The largest absolute Gasteiger partial charge is 0.392 e. The van der Waals surface area contributed by atoms with Crippen LogP contribution in [-0.2, 0) is 13.2 Å². The number of carbonyl (C=O) groups is 1. The number of nitrogens with zero attached hydrogens (tertiary/aromatic N) is 1. The number of aliphatic hydroxyl groups excluding tert-OH is 1. The highest BCUT2D eigenvalue weighted by atomic mass is 35.5. The van der Waals surface area contributed by atoms with Gasteiger partial charge in [0.1, 0.15) is 0 Å². The summed E-state index contributed by atoms with van der Waals surface area (Å²) in [6.07, 6.45) is 8.88. The molecule has 1 aromatic heterocycles. The van der Waals surface area contributed by atoms with E-state index in [1.165, 1.54) is 18.2 Å². The van der Waals surface area contributed by atoms with Crippen molar-refractivity contribution in [2.75, 3.05) is 0 Å². The Labute approximate surface area is 202 Å². The fraction of sp³-hybridized carbons (Fsp3) is 0.346. The van der Waals surface area contributed by atoms with Crippen LogP contribution >= 0.6 is 23.4 Å². The number of carbonyl (C=O) groups excluding carboxylic acids is 1. The van der Waals surface area contributed by atoms with Gasteiger partial charge in [-0.05, 0) is 49.2 Å². The van der Waals surface area contributed by atoms with Gasteiger partial charge >= 0.3 is 0 Å². The first kappa shape index (κ1) is 29.8. The predicted octanol–water partition coefficient (Wildman–Crippen LogP) is 7.32. The van der Waals surface area contributed by atoms with Crippen molar-refractivity contribution >= 4 is 29.3 Å². The lowest BCUT2D eigenvalue weighted by Gasteiger charge is -2.13. The molecule has 3 N–H and O–H groups in total. The normalized spacial score (nSPS) is 10.8. The van der Waals surface area contributed by atoms with E-state index >= 15 is 0 Å². The molecule has 0 atom stereocenters. The number of benzene rings is 1. The van der Waals surface area contributed by atoms with Crippen molar-refractivity contribution in [3.05, 3.63) is 82.6 Å². The molecule has 176 valence electrons. The third-order valence-corrected chi connectivity index (χ3v) is 5.22. The van der Waals surface area contributed by atoms with Crippen molar-refractivity contribution in [2.24, 2.45) is 5.73 Å². The third kappa shape index (κ3) is 9.51. The van der Waals surface area contributed by atoms with Crippen LogP contribution < -0.4 is 5.73 Å². The summed E-state index contributed by atoms with van der Waals surface area (Å²) in [5.41, 5.74) is 8.61. The molecule has 0 radical (unpaired) electrons. The van der Waals surface area contributed by atoms with Gasteiger partial charge in [-0.15, -0.1) is 0 Å². The number of hydrogen-bond donors (Lipinski definition) is 2. The molecule has 0 spiro atoms. The van der Waals surface area contributed by atoms with Crippen LogP contribution in [0.5, 0.6) is 0 Å². The molecule has 0 saturated heterocycles. The van der Waals surface area contributed by atoms with Gasteiger partial charge in [-0.3, -0.25) is 4.79 Å². The van der Waals surface area contributed by atoms with Crippen LogP contribution in [0.1, 0.15) is 62.7 Å². The van der Waals surface area contributed by atoms with Crippen molar-refractivity contribution in [3.8, 4) is 0 Å². The summed E-state index contributed by atoms with van der Waals surface area (Å²) < 4.78 is 2.04. The lowest BCUT2D eigenvalue weighted by Crippen LogP contribution is -2.12. The summed E-state index contributed by atoms with van der Waals surface area (Å²) in [6, 6.07) is 7.22. The Bertz CT molecular complexity index is 930. The smallest absolute Gasteiger partial charge is 0.250 e. The molecular formula is C26H37ClN2O2S. The number of amides is 1. The summed E-state index contributed by atoms with van der Waals surface area (Å²) in [6.45, 7) is 16.3. The fourth-order valence-electron chi connectivity index (χ4n) is 2.75. The molecule has 0 unspecified atom stereocenters. The molecule has 0 aliphatic rings. The minimum Gasteiger partial charge on any atom is -0.392 e. The van der Waals surface area contributed by atoms with E-state index in [9.17, 15) is 9.90 Å². The van der Waals surface area contributed by atoms with Gasteiger partial charge in [-0.25, -0.2) is 0 Å². The maximum absolute atomic E-state index is 11.8. The quantitative estimate of drug-likeness (QED) is 0.392. The highest BCUT2D eigenvalue weighted by Crippen LogP contribution is 2.34. The molecule has 0 bridgehead atoms. The van der Waals surface area contributed by atoms with Crippen LogP contribution in [0.2, 0.25) is 5.02 Å². The molecule has 4 nitrogen and oxygen atoms in total. The Hall–Kier alpha value is -2.21. The SMILES string of the molecule is C=C/C=C(\C=C/C)Cn1c(Sc2cc(Cl)cc(CO)c2)cc(C(N)=O)c1C.CC.CCC. The van der Waals surface area contributed by atoms with E-state index < -0.39 is 5.91 Å². The zero-order chi connectivity index (χ0) is 24.7. The van der Waals surface area contributed by atoms with Gasteiger partial charge in [0.2, 0.25) is 0 Å². The zero-order valence-corrected chi connectivity index (χ0v) is 21.7. The molecule has 1 amide bonds. The maximum atomic E-state index is 11.8. The summed E-state index contributed by atoms with van der Waals surface area (Å²) in [5, 5.41) is 10.8. The highest BCUT2D eigenvalue weighted by Gasteiger charge is 2.17. The lowest BCUT2D eigenvalue weighted by molar-refractivity contribution is 0.0999. The Balaban J connectivity index is 0.00000177. The first-order chi connectivity index (χ1) is 15.3. The fourth-order valence-corrected chi connectivity index (χ4v) is 4.20. The summed E-state index contributed by atoms with van der Waals surface area (Å²) >= 11 is 7.62. The number of rotatable bonds is 8.